The Bertz CT molecular complexity index is 1110. The van der Waals surface area contributed by atoms with Crippen LogP contribution in [0, 0.1) is 20.8 Å². The summed E-state index contributed by atoms with van der Waals surface area (Å²) in [5.41, 5.74) is 5.01. The maximum Gasteiger partial charge on any atom is 0.243 e. The summed E-state index contributed by atoms with van der Waals surface area (Å²) < 4.78 is 6.62. The molecule has 1 unspecified atom stereocenters. The molecule has 0 bridgehead atoms. The topological polar surface area (TPSA) is 65.0 Å². The highest BCUT2D eigenvalue weighted by molar-refractivity contribution is 5.91. The van der Waals surface area contributed by atoms with Gasteiger partial charge in [0.05, 0.1) is 0 Å². The molecule has 0 radical (unpaired) electrons. The minimum absolute atomic E-state index is 0.0351. The zero-order valence-electron chi connectivity index (χ0n) is 23.0. The van der Waals surface area contributed by atoms with Crippen LogP contribution in [0.2, 0.25) is 0 Å². The van der Waals surface area contributed by atoms with E-state index in [1.165, 1.54) is 5.56 Å². The van der Waals surface area contributed by atoms with Gasteiger partial charge < -0.3 is 25.0 Å². The molecule has 2 heterocycles. The quantitative estimate of drug-likeness (QED) is 0.384. The predicted molar refractivity (Wildman–Crippen MR) is 150 cm³/mol. The van der Waals surface area contributed by atoms with Gasteiger partial charge >= 0.3 is 0 Å². The molecule has 0 aromatic heterocycles. The van der Waals surface area contributed by atoms with Crippen LogP contribution in [0.25, 0.3) is 6.08 Å². The van der Waals surface area contributed by atoms with Crippen LogP contribution in [-0.2, 0) is 11.2 Å². The van der Waals surface area contributed by atoms with Gasteiger partial charge in [-0.1, -0.05) is 30.3 Å². The minimum atomic E-state index is -0.169. The lowest BCUT2D eigenvalue weighted by Gasteiger charge is -2.40. The molecule has 1 amide bonds. The Labute approximate surface area is 222 Å². The van der Waals surface area contributed by atoms with Crippen molar-refractivity contribution in [3.63, 3.8) is 0 Å². The molecule has 2 aliphatic rings. The third kappa shape index (κ3) is 6.93. The number of phenols is 1. The monoisotopic (exact) mass is 505 g/mol. The molecule has 200 valence electrons. The number of benzene rings is 2. The molecular formula is C31H43N3O3. The Morgan fingerprint density at radius 3 is 2.41 bits per heavy atom. The van der Waals surface area contributed by atoms with Crippen molar-refractivity contribution in [3.05, 3.63) is 64.2 Å². The van der Waals surface area contributed by atoms with Crippen molar-refractivity contribution in [3.8, 4) is 11.5 Å². The molecule has 2 aromatic rings. The normalized spacial score (nSPS) is 20.5. The molecule has 2 aliphatic heterocycles. The molecule has 1 saturated heterocycles. The molecule has 4 rings (SSSR count). The standard InChI is InChI=1S/C31H43N3O3/c1-23-24(2)30-27(25(3)29(23)36)13-14-31(4,37-30)15-18-34-21-19-33(20-22-34)17-8-16-32-28(35)12-11-26-9-6-5-7-10-26/h5-7,9-12,36H,8,13-22H2,1-4H3,(H,32,35). The smallest absolute Gasteiger partial charge is 0.243 e. The van der Waals surface area contributed by atoms with E-state index < -0.39 is 0 Å². The highest BCUT2D eigenvalue weighted by atomic mass is 16.5. The number of piperazine rings is 1. The van der Waals surface area contributed by atoms with Gasteiger partial charge in [-0.05, 0) is 88.3 Å². The summed E-state index contributed by atoms with van der Waals surface area (Å²) in [4.78, 5) is 17.1. The van der Waals surface area contributed by atoms with Gasteiger partial charge in [-0.3, -0.25) is 4.79 Å². The molecule has 1 atom stereocenters. The first-order valence-corrected chi connectivity index (χ1v) is 13.7. The van der Waals surface area contributed by atoms with E-state index in [0.29, 0.717) is 12.3 Å². The van der Waals surface area contributed by atoms with Crippen LogP contribution in [0.4, 0.5) is 0 Å². The SMILES string of the molecule is Cc1c(C)c2c(c(C)c1O)CCC(C)(CCN1CCN(CCCNC(=O)C=Cc3ccccc3)CC1)O2. The van der Waals surface area contributed by atoms with E-state index in [0.717, 1.165) is 93.0 Å². The number of hydrogen-bond acceptors (Lipinski definition) is 5. The van der Waals surface area contributed by atoms with E-state index in [9.17, 15) is 9.90 Å². The lowest BCUT2D eigenvalue weighted by atomic mass is 9.85. The number of ether oxygens (including phenoxy) is 1. The first-order chi connectivity index (χ1) is 17.8. The number of aromatic hydroxyl groups is 1. The van der Waals surface area contributed by atoms with Crippen LogP contribution in [0.15, 0.2) is 36.4 Å². The highest BCUT2D eigenvalue weighted by Gasteiger charge is 2.35. The minimum Gasteiger partial charge on any atom is -0.507 e. The highest BCUT2D eigenvalue weighted by Crippen LogP contribution is 2.44. The molecule has 37 heavy (non-hydrogen) atoms. The fraction of sp³-hybridized carbons (Fsp3) is 0.516. The number of hydrogen-bond donors (Lipinski definition) is 2. The zero-order valence-corrected chi connectivity index (χ0v) is 23.0. The summed E-state index contributed by atoms with van der Waals surface area (Å²) >= 11 is 0. The second kappa shape index (κ2) is 12.1. The van der Waals surface area contributed by atoms with Crippen LogP contribution in [0.1, 0.15) is 54.0 Å². The van der Waals surface area contributed by atoms with E-state index >= 15 is 0 Å². The molecule has 2 N–H and O–H groups in total. The van der Waals surface area contributed by atoms with Crippen molar-refractivity contribution in [2.24, 2.45) is 0 Å². The number of nitrogens with one attached hydrogen (secondary N) is 1. The van der Waals surface area contributed by atoms with Crippen LogP contribution in [0.5, 0.6) is 11.5 Å². The lowest BCUT2D eigenvalue weighted by molar-refractivity contribution is -0.116. The number of rotatable bonds is 9. The summed E-state index contributed by atoms with van der Waals surface area (Å²) in [6.45, 7) is 15.3. The Morgan fingerprint density at radius 1 is 1.03 bits per heavy atom. The van der Waals surface area contributed by atoms with Gasteiger partial charge in [0.1, 0.15) is 17.1 Å². The molecule has 2 aromatic carbocycles. The first kappa shape index (κ1) is 27.2. The predicted octanol–water partition coefficient (Wildman–Crippen LogP) is 4.63. The van der Waals surface area contributed by atoms with E-state index in [2.05, 4.69) is 29.0 Å². The van der Waals surface area contributed by atoms with E-state index in [1.807, 2.05) is 50.3 Å². The largest absolute Gasteiger partial charge is 0.507 e. The molecule has 1 fully saturated rings. The second-order valence-corrected chi connectivity index (χ2v) is 10.9. The van der Waals surface area contributed by atoms with Crippen molar-refractivity contribution in [2.75, 3.05) is 45.8 Å². The Hall–Kier alpha value is -2.83. The lowest BCUT2D eigenvalue weighted by Crippen LogP contribution is -2.49. The average molecular weight is 506 g/mol. The Balaban J connectivity index is 1.15. The van der Waals surface area contributed by atoms with Crippen LogP contribution >= 0.6 is 0 Å². The van der Waals surface area contributed by atoms with Gasteiger partial charge in [-0.15, -0.1) is 0 Å². The van der Waals surface area contributed by atoms with Crippen molar-refractivity contribution in [2.45, 2.75) is 59.0 Å². The Kier molecular flexibility index (Phi) is 8.93. The van der Waals surface area contributed by atoms with Crippen LogP contribution in [-0.4, -0.2) is 72.2 Å². The van der Waals surface area contributed by atoms with E-state index in [1.54, 1.807) is 6.08 Å². The van der Waals surface area contributed by atoms with Gasteiger partial charge in [0.15, 0.2) is 0 Å². The first-order valence-electron chi connectivity index (χ1n) is 13.7. The maximum absolute atomic E-state index is 12.0. The summed E-state index contributed by atoms with van der Waals surface area (Å²) in [6.07, 6.45) is 7.36. The number of nitrogens with zero attached hydrogens (tertiary/aromatic N) is 2. The molecule has 6 heteroatoms. The van der Waals surface area contributed by atoms with Gasteiger partial charge in [0.2, 0.25) is 5.91 Å². The van der Waals surface area contributed by atoms with E-state index in [-0.39, 0.29) is 11.5 Å². The van der Waals surface area contributed by atoms with Gasteiger partial charge in [-0.2, -0.15) is 0 Å². The maximum atomic E-state index is 12.0. The Morgan fingerprint density at radius 2 is 1.70 bits per heavy atom. The molecule has 0 saturated carbocycles. The number of amides is 1. The molecule has 0 aliphatic carbocycles. The number of phenolic OH excluding ortho intramolecular Hbond substituents is 1. The third-order valence-electron chi connectivity index (χ3n) is 8.19. The molecular weight excluding hydrogens is 462 g/mol. The fourth-order valence-electron chi connectivity index (χ4n) is 5.41. The summed E-state index contributed by atoms with van der Waals surface area (Å²) in [5, 5.41) is 13.4. The fourth-order valence-corrected chi connectivity index (χ4v) is 5.41. The van der Waals surface area contributed by atoms with Gasteiger partial charge in [-0.25, -0.2) is 0 Å². The van der Waals surface area contributed by atoms with Gasteiger partial charge in [0, 0.05) is 50.9 Å². The van der Waals surface area contributed by atoms with Crippen molar-refractivity contribution < 1.29 is 14.6 Å². The van der Waals surface area contributed by atoms with Crippen LogP contribution in [0.3, 0.4) is 0 Å². The molecule has 6 nitrogen and oxygen atoms in total. The number of carbonyl (C=O) groups excluding carboxylic acids is 1. The number of fused-ring (bicyclic) bond motifs is 1. The van der Waals surface area contributed by atoms with E-state index in [4.69, 9.17) is 4.74 Å². The third-order valence-corrected chi connectivity index (χ3v) is 8.19. The average Bonchev–Trinajstić information content (AvgIpc) is 2.92. The summed E-state index contributed by atoms with van der Waals surface area (Å²) in [6, 6.07) is 9.88. The summed E-state index contributed by atoms with van der Waals surface area (Å²) in [5.74, 6) is 1.38. The zero-order chi connectivity index (χ0) is 26.4. The second-order valence-electron chi connectivity index (χ2n) is 10.9. The van der Waals surface area contributed by atoms with Gasteiger partial charge in [0.25, 0.3) is 0 Å². The molecule has 0 spiro atoms. The summed E-state index contributed by atoms with van der Waals surface area (Å²) in [7, 11) is 0. The van der Waals surface area contributed by atoms with Crippen molar-refractivity contribution in [1.29, 1.82) is 0 Å². The van der Waals surface area contributed by atoms with Crippen LogP contribution < -0.4 is 10.1 Å². The number of carbonyl (C=O) groups is 1. The van der Waals surface area contributed by atoms with Crippen molar-refractivity contribution >= 4 is 12.0 Å². The van der Waals surface area contributed by atoms with Crippen molar-refractivity contribution in [1.82, 2.24) is 15.1 Å².